The first-order valence-electron chi connectivity index (χ1n) is 7.06. The zero-order valence-electron chi connectivity index (χ0n) is 11.1. The van der Waals surface area contributed by atoms with Crippen LogP contribution in [-0.4, -0.2) is 39.4 Å². The number of aliphatic hydroxyl groups is 1. The Morgan fingerprint density at radius 2 is 2.25 bits per heavy atom. The Balaban J connectivity index is 1.43. The first kappa shape index (κ1) is 12.1. The van der Waals surface area contributed by atoms with E-state index in [-0.39, 0.29) is 6.10 Å². The van der Waals surface area contributed by atoms with E-state index in [1.807, 2.05) is 0 Å². The van der Waals surface area contributed by atoms with Gasteiger partial charge in [0.15, 0.2) is 5.76 Å². The van der Waals surface area contributed by atoms with Crippen LogP contribution in [0.4, 0.5) is 0 Å². The van der Waals surface area contributed by atoms with Crippen molar-refractivity contribution in [3.8, 4) is 11.7 Å². The van der Waals surface area contributed by atoms with Crippen LogP contribution in [0.1, 0.15) is 18.7 Å². The van der Waals surface area contributed by atoms with Crippen LogP contribution in [0.3, 0.4) is 0 Å². The second kappa shape index (κ2) is 4.71. The number of nitrogens with zero attached hydrogens (tertiary/aromatic N) is 3. The Hall–Kier alpha value is -1.66. The Morgan fingerprint density at radius 1 is 1.30 bits per heavy atom. The number of aromatic nitrogens is 2. The number of rotatable bonds is 3. The molecule has 2 aromatic rings. The molecule has 1 aliphatic heterocycles. The third-order valence-electron chi connectivity index (χ3n) is 4.45. The van der Waals surface area contributed by atoms with Crippen LogP contribution < -0.4 is 0 Å². The summed E-state index contributed by atoms with van der Waals surface area (Å²) in [4.78, 5) is 2.29. The van der Waals surface area contributed by atoms with E-state index in [1.54, 1.807) is 18.4 Å². The second-order valence-corrected chi connectivity index (χ2v) is 5.74. The minimum Gasteiger partial charge on any atom is -0.459 e. The second-order valence-electron chi connectivity index (χ2n) is 5.74. The molecule has 2 fully saturated rings. The molecule has 0 spiro atoms. The number of hydrogen-bond donors (Lipinski definition) is 1. The molecule has 0 aromatic carbocycles. The summed E-state index contributed by atoms with van der Waals surface area (Å²) in [5.74, 6) is 2.66. The number of furan rings is 1. The van der Waals surface area contributed by atoms with Crippen molar-refractivity contribution in [2.75, 3.05) is 13.1 Å². The molecule has 106 valence electrons. The largest absolute Gasteiger partial charge is 0.459 e. The summed E-state index contributed by atoms with van der Waals surface area (Å²) in [6.45, 7) is 2.58. The number of hydrogen-bond acceptors (Lipinski definition) is 6. The van der Waals surface area contributed by atoms with Crippen molar-refractivity contribution in [2.45, 2.75) is 25.5 Å². The van der Waals surface area contributed by atoms with E-state index in [1.165, 1.54) is 0 Å². The van der Waals surface area contributed by atoms with Gasteiger partial charge in [0.05, 0.1) is 18.9 Å². The minimum absolute atomic E-state index is 0.133. The Bertz CT molecular complexity index is 580. The Morgan fingerprint density at radius 3 is 3.05 bits per heavy atom. The van der Waals surface area contributed by atoms with Crippen LogP contribution in [0.15, 0.2) is 27.2 Å². The van der Waals surface area contributed by atoms with Crippen LogP contribution in [0.5, 0.6) is 0 Å². The molecule has 3 unspecified atom stereocenters. The maximum atomic E-state index is 9.92. The molecular formula is C14H17N3O3. The van der Waals surface area contributed by atoms with Gasteiger partial charge in [-0.05, 0) is 30.9 Å². The molecule has 6 heteroatoms. The normalized spacial score (nSPS) is 29.9. The molecule has 3 atom stereocenters. The summed E-state index contributed by atoms with van der Waals surface area (Å²) in [7, 11) is 0. The molecule has 6 nitrogen and oxygen atoms in total. The van der Waals surface area contributed by atoms with Crippen LogP contribution in [0.25, 0.3) is 11.7 Å². The summed E-state index contributed by atoms with van der Waals surface area (Å²) in [5, 5.41) is 18.0. The summed E-state index contributed by atoms with van der Waals surface area (Å²) in [6, 6.07) is 3.59. The van der Waals surface area contributed by atoms with Gasteiger partial charge in [-0.1, -0.05) is 0 Å². The van der Waals surface area contributed by atoms with Crippen molar-refractivity contribution >= 4 is 0 Å². The van der Waals surface area contributed by atoms with Crippen molar-refractivity contribution in [3.63, 3.8) is 0 Å². The van der Waals surface area contributed by atoms with Gasteiger partial charge in [0.1, 0.15) is 0 Å². The van der Waals surface area contributed by atoms with Crippen molar-refractivity contribution in [3.05, 3.63) is 24.3 Å². The Kier molecular flexibility index (Phi) is 2.85. The van der Waals surface area contributed by atoms with Gasteiger partial charge in [-0.2, -0.15) is 0 Å². The maximum Gasteiger partial charge on any atom is 0.283 e. The number of likely N-dealkylation sites (tertiary alicyclic amines) is 1. The van der Waals surface area contributed by atoms with E-state index >= 15 is 0 Å². The highest BCUT2D eigenvalue weighted by Crippen LogP contribution is 2.38. The molecule has 1 N–H and O–H groups in total. The van der Waals surface area contributed by atoms with E-state index in [4.69, 9.17) is 8.83 Å². The van der Waals surface area contributed by atoms with Gasteiger partial charge in [-0.15, -0.1) is 10.2 Å². The molecule has 4 rings (SSSR count). The molecule has 2 aromatic heterocycles. The van der Waals surface area contributed by atoms with Crippen LogP contribution in [0, 0.1) is 11.8 Å². The highest BCUT2D eigenvalue weighted by molar-refractivity contribution is 5.42. The first-order chi connectivity index (χ1) is 9.79. The molecule has 0 radical (unpaired) electrons. The fraction of sp³-hybridized carbons (Fsp3) is 0.571. The van der Waals surface area contributed by atoms with Gasteiger partial charge < -0.3 is 13.9 Å². The Labute approximate surface area is 116 Å². The van der Waals surface area contributed by atoms with E-state index in [0.29, 0.717) is 35.9 Å². The van der Waals surface area contributed by atoms with Crippen molar-refractivity contribution in [1.82, 2.24) is 15.1 Å². The highest BCUT2D eigenvalue weighted by Gasteiger charge is 2.41. The third-order valence-corrected chi connectivity index (χ3v) is 4.45. The molecule has 3 heterocycles. The molecule has 0 bridgehead atoms. The summed E-state index contributed by atoms with van der Waals surface area (Å²) >= 11 is 0. The standard InChI is InChI=1S/C14H17N3O3/c18-11-4-3-9-6-17(7-10(9)11)8-13-15-16-14(20-13)12-2-1-5-19-12/h1-2,5,9-11,18H,3-4,6-8H2. The quantitative estimate of drug-likeness (QED) is 0.915. The average molecular weight is 275 g/mol. The molecule has 20 heavy (non-hydrogen) atoms. The fourth-order valence-electron chi connectivity index (χ4n) is 3.47. The summed E-state index contributed by atoms with van der Waals surface area (Å²) in [6.07, 6.45) is 3.53. The predicted molar refractivity (Wildman–Crippen MR) is 69.5 cm³/mol. The third kappa shape index (κ3) is 2.05. The molecule has 0 amide bonds. The first-order valence-corrected chi connectivity index (χ1v) is 7.06. The van der Waals surface area contributed by atoms with Crippen molar-refractivity contribution in [1.29, 1.82) is 0 Å². The zero-order chi connectivity index (χ0) is 13.5. The molecule has 2 aliphatic rings. The van der Waals surface area contributed by atoms with E-state index in [2.05, 4.69) is 15.1 Å². The lowest BCUT2D eigenvalue weighted by atomic mass is 10.00. The molecular weight excluding hydrogens is 258 g/mol. The smallest absolute Gasteiger partial charge is 0.283 e. The number of fused-ring (bicyclic) bond motifs is 1. The van der Waals surface area contributed by atoms with Crippen LogP contribution in [0.2, 0.25) is 0 Å². The molecule has 1 saturated heterocycles. The summed E-state index contributed by atoms with van der Waals surface area (Å²) in [5.41, 5.74) is 0. The van der Waals surface area contributed by atoms with E-state index in [9.17, 15) is 5.11 Å². The lowest BCUT2D eigenvalue weighted by molar-refractivity contribution is 0.122. The van der Waals surface area contributed by atoms with E-state index in [0.717, 1.165) is 25.9 Å². The molecule has 1 saturated carbocycles. The zero-order valence-corrected chi connectivity index (χ0v) is 11.1. The van der Waals surface area contributed by atoms with Crippen LogP contribution >= 0.6 is 0 Å². The van der Waals surface area contributed by atoms with Gasteiger partial charge in [0.2, 0.25) is 5.89 Å². The van der Waals surface area contributed by atoms with Gasteiger partial charge in [0.25, 0.3) is 5.89 Å². The SMILES string of the molecule is OC1CCC2CN(Cc3nnc(-c4ccco4)o3)CC12. The van der Waals surface area contributed by atoms with Crippen molar-refractivity contribution < 1.29 is 13.9 Å². The van der Waals surface area contributed by atoms with Gasteiger partial charge in [0, 0.05) is 19.0 Å². The lowest BCUT2D eigenvalue weighted by Gasteiger charge is -2.15. The maximum absolute atomic E-state index is 9.92. The predicted octanol–water partition coefficient (Wildman–Crippen LogP) is 1.53. The van der Waals surface area contributed by atoms with Crippen molar-refractivity contribution in [2.24, 2.45) is 11.8 Å². The van der Waals surface area contributed by atoms with Gasteiger partial charge >= 0.3 is 0 Å². The number of aliphatic hydroxyl groups excluding tert-OH is 1. The van der Waals surface area contributed by atoms with Crippen LogP contribution in [-0.2, 0) is 6.54 Å². The average Bonchev–Trinajstić information content (AvgIpc) is 3.17. The molecule has 1 aliphatic carbocycles. The fourth-order valence-corrected chi connectivity index (χ4v) is 3.47. The van der Waals surface area contributed by atoms with Gasteiger partial charge in [-0.3, -0.25) is 4.90 Å². The minimum atomic E-state index is -0.133. The lowest BCUT2D eigenvalue weighted by Crippen LogP contribution is -2.24. The van der Waals surface area contributed by atoms with Gasteiger partial charge in [-0.25, -0.2) is 0 Å². The summed E-state index contributed by atoms with van der Waals surface area (Å²) < 4.78 is 10.9. The van der Waals surface area contributed by atoms with E-state index < -0.39 is 0 Å². The topological polar surface area (TPSA) is 75.5 Å². The monoisotopic (exact) mass is 275 g/mol. The highest BCUT2D eigenvalue weighted by atomic mass is 16.4.